The van der Waals surface area contributed by atoms with Crippen molar-refractivity contribution in [3.8, 4) is 0 Å². The molecule has 1 fully saturated rings. The zero-order valence-corrected chi connectivity index (χ0v) is 19.6. The van der Waals surface area contributed by atoms with Crippen molar-refractivity contribution in [1.29, 1.82) is 0 Å². The third kappa shape index (κ3) is 5.21. The van der Waals surface area contributed by atoms with E-state index in [0.717, 1.165) is 19.5 Å². The molecule has 3 aromatic rings. The van der Waals surface area contributed by atoms with Gasteiger partial charge in [0.05, 0.1) is 42.1 Å². The minimum atomic E-state index is -4.39. The van der Waals surface area contributed by atoms with E-state index in [4.69, 9.17) is 0 Å². The fourth-order valence-electron chi connectivity index (χ4n) is 5.35. The van der Waals surface area contributed by atoms with Crippen molar-refractivity contribution in [3.05, 3.63) is 52.9 Å². The Bertz CT molecular complexity index is 1250. The van der Waals surface area contributed by atoms with Crippen LogP contribution in [0.2, 0.25) is 0 Å². The van der Waals surface area contributed by atoms with Crippen LogP contribution in [-0.4, -0.2) is 63.6 Å². The molecule has 2 N–H and O–H groups in total. The number of likely N-dealkylation sites (tertiary alicyclic amines) is 1. The number of alkyl halides is 4. The fraction of sp³-hybridized carbons (Fsp3) is 0.480. The first kappa shape index (κ1) is 24.6. The van der Waals surface area contributed by atoms with E-state index in [0.29, 0.717) is 64.9 Å². The van der Waals surface area contributed by atoms with Gasteiger partial charge >= 0.3 is 6.18 Å². The Hall–Kier alpha value is -3.08. The first-order chi connectivity index (χ1) is 17.3. The summed E-state index contributed by atoms with van der Waals surface area (Å²) in [5.74, 6) is -0.137. The highest BCUT2D eigenvalue weighted by molar-refractivity contribution is 5.92. The number of hydrogen-bond donors (Lipinski definition) is 2. The summed E-state index contributed by atoms with van der Waals surface area (Å²) in [5, 5.41) is 9.91. The molecule has 0 amide bonds. The predicted octanol–water partition coefficient (Wildman–Crippen LogP) is 5.43. The van der Waals surface area contributed by atoms with Crippen LogP contribution in [0, 0.1) is 5.95 Å². The maximum Gasteiger partial charge on any atom is 0.392 e. The number of aryl methyl sites for hydroxylation is 1. The lowest BCUT2D eigenvalue weighted by molar-refractivity contribution is -0.127. The van der Waals surface area contributed by atoms with E-state index in [1.165, 1.54) is 12.4 Å². The highest BCUT2D eigenvalue weighted by atomic mass is 19.4. The molecule has 192 valence electrons. The number of nitrogens with one attached hydrogen (secondary N) is 2. The van der Waals surface area contributed by atoms with E-state index < -0.39 is 18.5 Å². The van der Waals surface area contributed by atoms with Gasteiger partial charge < -0.3 is 10.2 Å². The lowest BCUT2D eigenvalue weighted by atomic mass is 9.91. The Morgan fingerprint density at radius 3 is 2.75 bits per heavy atom. The van der Waals surface area contributed by atoms with Crippen LogP contribution in [0.3, 0.4) is 0 Å². The smallest absolute Gasteiger partial charge is 0.365 e. The van der Waals surface area contributed by atoms with Gasteiger partial charge in [-0.2, -0.15) is 17.6 Å². The third-order valence-corrected chi connectivity index (χ3v) is 6.88. The normalized spacial score (nSPS) is 19.1. The number of aromatic amines is 1. The van der Waals surface area contributed by atoms with Crippen LogP contribution in [0.15, 0.2) is 30.1 Å². The van der Waals surface area contributed by atoms with Crippen molar-refractivity contribution in [2.45, 2.75) is 50.7 Å². The van der Waals surface area contributed by atoms with Crippen molar-refractivity contribution in [2.24, 2.45) is 0 Å². The molecule has 2 aliphatic rings. The van der Waals surface area contributed by atoms with Gasteiger partial charge in [-0.3, -0.25) is 14.5 Å². The Morgan fingerprint density at radius 1 is 1.14 bits per heavy atom. The second-order valence-electron chi connectivity index (χ2n) is 9.41. The van der Waals surface area contributed by atoms with E-state index in [9.17, 15) is 22.0 Å². The zero-order valence-electron chi connectivity index (χ0n) is 19.6. The van der Waals surface area contributed by atoms with Crippen molar-refractivity contribution >= 4 is 22.3 Å². The van der Waals surface area contributed by atoms with E-state index in [1.54, 1.807) is 12.1 Å². The average Bonchev–Trinajstić information content (AvgIpc) is 3.40. The molecule has 1 aliphatic heterocycles. The summed E-state index contributed by atoms with van der Waals surface area (Å²) in [7, 11) is 0. The minimum Gasteiger partial charge on any atom is -0.365 e. The highest BCUT2D eigenvalue weighted by Gasteiger charge is 2.33. The summed E-state index contributed by atoms with van der Waals surface area (Å²) in [5.41, 5.74) is 2.58. The van der Waals surface area contributed by atoms with Gasteiger partial charge in [0, 0.05) is 31.2 Å². The van der Waals surface area contributed by atoms with Gasteiger partial charge in [-0.1, -0.05) is 11.6 Å². The van der Waals surface area contributed by atoms with Gasteiger partial charge in [0.2, 0.25) is 5.95 Å². The summed E-state index contributed by atoms with van der Waals surface area (Å²) >= 11 is 0. The summed E-state index contributed by atoms with van der Waals surface area (Å²) in [6.07, 6.45) is 0.0645. The predicted molar refractivity (Wildman–Crippen MR) is 127 cm³/mol. The number of nitrogens with zero attached hydrogens (tertiary/aromatic N) is 4. The van der Waals surface area contributed by atoms with Gasteiger partial charge in [-0.05, 0) is 49.3 Å². The van der Waals surface area contributed by atoms with Crippen molar-refractivity contribution in [1.82, 2.24) is 25.1 Å². The third-order valence-electron chi connectivity index (χ3n) is 6.88. The molecule has 0 unspecified atom stereocenters. The molecule has 3 heterocycles. The second kappa shape index (κ2) is 10.1. The van der Waals surface area contributed by atoms with Crippen LogP contribution in [0.4, 0.5) is 27.8 Å². The zero-order chi connectivity index (χ0) is 25.3. The Kier molecular flexibility index (Phi) is 6.92. The Balaban J connectivity index is 1.47. The molecule has 5 rings (SSSR count). The topological polar surface area (TPSA) is 69.7 Å². The number of halogens is 5. The van der Waals surface area contributed by atoms with E-state index in [1.807, 2.05) is 0 Å². The number of benzene rings is 1. The van der Waals surface area contributed by atoms with Crippen LogP contribution in [-0.2, 0) is 6.42 Å². The maximum atomic E-state index is 14.5. The maximum absolute atomic E-state index is 14.5. The fourth-order valence-corrected chi connectivity index (χ4v) is 5.35. The summed E-state index contributed by atoms with van der Waals surface area (Å²) in [4.78, 5) is 11.1. The molecule has 6 nitrogen and oxygen atoms in total. The number of anilines is 1. The van der Waals surface area contributed by atoms with Crippen molar-refractivity contribution in [3.63, 3.8) is 0 Å². The molecule has 0 bridgehead atoms. The van der Waals surface area contributed by atoms with Crippen molar-refractivity contribution < 1.29 is 22.0 Å². The largest absolute Gasteiger partial charge is 0.392 e. The molecule has 0 radical (unpaired) electrons. The Morgan fingerprint density at radius 2 is 2.00 bits per heavy atom. The van der Waals surface area contributed by atoms with Gasteiger partial charge in [-0.25, -0.2) is 4.98 Å². The van der Waals surface area contributed by atoms with Gasteiger partial charge in [0.1, 0.15) is 5.82 Å². The molecule has 36 heavy (non-hydrogen) atoms. The molecular weight excluding hydrogens is 479 g/mol. The number of hydrogen-bond acceptors (Lipinski definition) is 5. The van der Waals surface area contributed by atoms with Gasteiger partial charge in [-0.15, -0.1) is 5.10 Å². The lowest BCUT2D eigenvalue weighted by Crippen LogP contribution is -2.27. The monoisotopic (exact) mass is 506 g/mol. The van der Waals surface area contributed by atoms with Gasteiger partial charge in [0.25, 0.3) is 0 Å². The number of rotatable bonds is 7. The highest BCUT2D eigenvalue weighted by Crippen LogP contribution is 2.41. The standard InChI is InChI=1S/C25H27F5N6/c26-8-2-9-36-10-7-16(14-36)33-21-13-31-20(12-32-21)22-15(11-25(28,29)30)3-1-4-17-18(22)5-6-19-23(17)24(27)35-34-19/h5-6,12-13,16H,1-4,7-11,14H2,(H,32,33)(H,34,35)/t16-/m1/s1. The first-order valence-corrected chi connectivity index (χ1v) is 12.1. The van der Waals surface area contributed by atoms with Crippen LogP contribution in [0.5, 0.6) is 0 Å². The average molecular weight is 507 g/mol. The van der Waals surface area contributed by atoms with E-state index in [-0.39, 0.29) is 24.7 Å². The van der Waals surface area contributed by atoms with Crippen LogP contribution in [0.25, 0.3) is 16.5 Å². The van der Waals surface area contributed by atoms with Crippen LogP contribution in [0.1, 0.15) is 48.9 Å². The first-order valence-electron chi connectivity index (χ1n) is 12.1. The molecule has 0 spiro atoms. The number of H-pyrrole nitrogens is 1. The molecule has 2 aromatic heterocycles. The minimum absolute atomic E-state index is 0.140. The molecule has 0 saturated carbocycles. The summed E-state index contributed by atoms with van der Waals surface area (Å²) in [6, 6.07) is 3.49. The lowest BCUT2D eigenvalue weighted by Gasteiger charge is -2.18. The molecule has 1 aliphatic carbocycles. The SMILES string of the molecule is FCCCN1CC[C@@H](Nc2cnc(C3=C(CC(F)(F)F)CCCc4c3ccc3[nH]nc(F)c43)cn2)C1. The molecular formula is C25H27F5N6. The number of allylic oxidation sites excluding steroid dienone is 1. The molecule has 1 aromatic carbocycles. The molecule has 1 atom stereocenters. The molecule has 11 heteroatoms. The van der Waals surface area contributed by atoms with E-state index in [2.05, 4.69) is 30.4 Å². The van der Waals surface area contributed by atoms with Crippen LogP contribution >= 0.6 is 0 Å². The second-order valence-corrected chi connectivity index (χ2v) is 9.41. The summed E-state index contributed by atoms with van der Waals surface area (Å²) in [6.45, 7) is 2.01. The number of fused-ring (bicyclic) bond motifs is 3. The summed E-state index contributed by atoms with van der Waals surface area (Å²) < 4.78 is 67.5. The van der Waals surface area contributed by atoms with Crippen LogP contribution < -0.4 is 5.32 Å². The number of aromatic nitrogens is 4. The van der Waals surface area contributed by atoms with Gasteiger partial charge in [0.15, 0.2) is 0 Å². The molecule has 1 saturated heterocycles. The van der Waals surface area contributed by atoms with E-state index >= 15 is 0 Å². The quantitative estimate of drug-likeness (QED) is 0.419. The Labute approximate surface area is 205 Å². The van der Waals surface area contributed by atoms with Crippen molar-refractivity contribution in [2.75, 3.05) is 31.6 Å².